The van der Waals surface area contributed by atoms with Gasteiger partial charge in [0.1, 0.15) is 17.5 Å². The third kappa shape index (κ3) is 6.47. The lowest BCUT2D eigenvalue weighted by Crippen LogP contribution is -2.44. The average molecular weight is 421 g/mol. The minimum Gasteiger partial charge on any atom is -0.497 e. The molecule has 1 amide bonds. The number of rotatable bonds is 10. The summed E-state index contributed by atoms with van der Waals surface area (Å²) < 4.78 is 38.7. The number of carbonyl (C=O) groups excluding carboxylic acids is 1. The number of para-hydroxylation sites is 2. The first kappa shape index (κ1) is 22.7. The fourth-order valence-electron chi connectivity index (χ4n) is 2.76. The predicted molar refractivity (Wildman–Crippen MR) is 113 cm³/mol. The molecule has 29 heavy (non-hydrogen) atoms. The van der Waals surface area contributed by atoms with Gasteiger partial charge in [-0.1, -0.05) is 26.0 Å². The van der Waals surface area contributed by atoms with Gasteiger partial charge in [0.25, 0.3) is 0 Å². The van der Waals surface area contributed by atoms with Crippen molar-refractivity contribution in [2.24, 2.45) is 5.92 Å². The quantitative estimate of drug-likeness (QED) is 0.614. The number of hydrogen-bond donors (Lipinski definition) is 2. The van der Waals surface area contributed by atoms with Crippen LogP contribution in [0.2, 0.25) is 0 Å². The molecule has 7 nitrogen and oxygen atoms in total. The molecule has 0 aliphatic rings. The zero-order valence-corrected chi connectivity index (χ0v) is 18.0. The summed E-state index contributed by atoms with van der Waals surface area (Å²) in [6.45, 7) is 6.15. The Morgan fingerprint density at radius 1 is 1.07 bits per heavy atom. The van der Waals surface area contributed by atoms with Crippen molar-refractivity contribution >= 4 is 21.6 Å². The Balaban J connectivity index is 2.23. The number of carbonyl (C=O) groups is 1. The van der Waals surface area contributed by atoms with Crippen molar-refractivity contribution in [3.05, 3.63) is 48.5 Å². The van der Waals surface area contributed by atoms with Gasteiger partial charge in [0.15, 0.2) is 0 Å². The first-order chi connectivity index (χ1) is 13.8. The van der Waals surface area contributed by atoms with E-state index in [0.29, 0.717) is 30.2 Å². The highest BCUT2D eigenvalue weighted by atomic mass is 32.2. The van der Waals surface area contributed by atoms with Gasteiger partial charge in [-0.3, -0.25) is 4.79 Å². The van der Waals surface area contributed by atoms with Crippen molar-refractivity contribution < 1.29 is 22.7 Å². The number of methoxy groups -OCH3 is 1. The monoisotopic (exact) mass is 420 g/mol. The van der Waals surface area contributed by atoms with Crippen molar-refractivity contribution in [1.82, 2.24) is 4.72 Å². The molecule has 0 heterocycles. The topological polar surface area (TPSA) is 93.7 Å². The number of benzene rings is 2. The molecule has 0 aliphatic heterocycles. The first-order valence-electron chi connectivity index (χ1n) is 9.46. The van der Waals surface area contributed by atoms with E-state index in [1.165, 1.54) is 19.2 Å². The number of nitrogens with one attached hydrogen (secondary N) is 2. The summed E-state index contributed by atoms with van der Waals surface area (Å²) in [7, 11) is -2.38. The Labute approximate surface area is 172 Å². The lowest BCUT2D eigenvalue weighted by atomic mass is 10.0. The summed E-state index contributed by atoms with van der Waals surface area (Å²) >= 11 is 0. The van der Waals surface area contributed by atoms with Gasteiger partial charge >= 0.3 is 0 Å². The molecule has 158 valence electrons. The summed E-state index contributed by atoms with van der Waals surface area (Å²) in [5.74, 6) is 0.743. The standard InChI is InChI=1S/C21H28N2O5S/c1-5-28-20-9-7-6-8-18(20)22-21(24)19(14-15(2)3)23-29(25,26)17-12-10-16(27-4)11-13-17/h6-13,15,19,23H,5,14H2,1-4H3,(H,22,24)/t19-/m1/s1. The van der Waals surface area contributed by atoms with E-state index in [-0.39, 0.29) is 10.8 Å². The van der Waals surface area contributed by atoms with Crippen molar-refractivity contribution in [2.75, 3.05) is 19.0 Å². The number of amides is 1. The van der Waals surface area contributed by atoms with Crippen LogP contribution in [-0.2, 0) is 14.8 Å². The highest BCUT2D eigenvalue weighted by molar-refractivity contribution is 7.89. The Bertz CT molecular complexity index is 911. The van der Waals surface area contributed by atoms with Crippen LogP contribution in [0.1, 0.15) is 27.2 Å². The van der Waals surface area contributed by atoms with Gasteiger partial charge in [-0.15, -0.1) is 0 Å². The first-order valence-corrected chi connectivity index (χ1v) is 10.9. The lowest BCUT2D eigenvalue weighted by molar-refractivity contribution is -0.118. The molecule has 8 heteroatoms. The van der Waals surface area contributed by atoms with E-state index < -0.39 is 22.0 Å². The van der Waals surface area contributed by atoms with E-state index >= 15 is 0 Å². The Hall–Kier alpha value is -2.58. The van der Waals surface area contributed by atoms with Crippen molar-refractivity contribution in [3.63, 3.8) is 0 Å². The van der Waals surface area contributed by atoms with Crippen LogP contribution >= 0.6 is 0 Å². The van der Waals surface area contributed by atoms with Crippen LogP contribution in [0.4, 0.5) is 5.69 Å². The molecule has 0 aliphatic carbocycles. The van der Waals surface area contributed by atoms with Crippen LogP contribution in [-0.4, -0.2) is 34.1 Å². The molecule has 0 saturated heterocycles. The number of anilines is 1. The maximum atomic E-state index is 12.9. The highest BCUT2D eigenvalue weighted by Crippen LogP contribution is 2.24. The van der Waals surface area contributed by atoms with Crippen molar-refractivity contribution in [1.29, 1.82) is 0 Å². The predicted octanol–water partition coefficient (Wildman–Crippen LogP) is 3.43. The molecule has 2 rings (SSSR count). The summed E-state index contributed by atoms with van der Waals surface area (Å²) in [6.07, 6.45) is 0.345. The third-order valence-corrected chi connectivity index (χ3v) is 5.62. The molecule has 0 unspecified atom stereocenters. The molecule has 2 aromatic rings. The molecule has 2 aromatic carbocycles. The Morgan fingerprint density at radius 3 is 2.31 bits per heavy atom. The number of sulfonamides is 1. The molecule has 0 bridgehead atoms. The molecule has 0 spiro atoms. The van der Waals surface area contributed by atoms with Gasteiger partial charge in [0.2, 0.25) is 15.9 Å². The van der Waals surface area contributed by atoms with Crippen LogP contribution in [0.3, 0.4) is 0 Å². The van der Waals surface area contributed by atoms with E-state index in [1.807, 2.05) is 20.8 Å². The SMILES string of the molecule is CCOc1ccccc1NC(=O)[C@@H](CC(C)C)NS(=O)(=O)c1ccc(OC)cc1. The fourth-order valence-corrected chi connectivity index (χ4v) is 3.97. The smallest absolute Gasteiger partial charge is 0.242 e. The molecule has 0 radical (unpaired) electrons. The molecule has 2 N–H and O–H groups in total. The van der Waals surface area contributed by atoms with Gasteiger partial charge in [0, 0.05) is 0 Å². The zero-order chi connectivity index (χ0) is 21.4. The molecule has 0 fully saturated rings. The second kappa shape index (κ2) is 10.3. The van der Waals surface area contributed by atoms with E-state index in [0.717, 1.165) is 0 Å². The Kier molecular flexibility index (Phi) is 8.04. The molecular formula is C21H28N2O5S. The third-order valence-electron chi connectivity index (χ3n) is 4.14. The van der Waals surface area contributed by atoms with Crippen molar-refractivity contribution in [2.45, 2.75) is 38.1 Å². The zero-order valence-electron chi connectivity index (χ0n) is 17.1. The van der Waals surface area contributed by atoms with Crippen LogP contribution in [0.25, 0.3) is 0 Å². The molecule has 0 aromatic heterocycles. The van der Waals surface area contributed by atoms with Gasteiger partial charge in [-0.2, -0.15) is 4.72 Å². The molecule has 0 saturated carbocycles. The van der Waals surface area contributed by atoms with Crippen LogP contribution in [0, 0.1) is 5.92 Å². The summed E-state index contributed by atoms with van der Waals surface area (Å²) in [6, 6.07) is 12.1. The Morgan fingerprint density at radius 2 is 1.72 bits per heavy atom. The number of hydrogen-bond acceptors (Lipinski definition) is 5. The fraction of sp³-hybridized carbons (Fsp3) is 0.381. The maximum absolute atomic E-state index is 12.9. The maximum Gasteiger partial charge on any atom is 0.242 e. The summed E-state index contributed by atoms with van der Waals surface area (Å²) in [5, 5.41) is 2.78. The van der Waals surface area contributed by atoms with Crippen molar-refractivity contribution in [3.8, 4) is 11.5 Å². The lowest BCUT2D eigenvalue weighted by Gasteiger charge is -2.21. The van der Waals surface area contributed by atoms with Gasteiger partial charge in [0.05, 0.1) is 24.3 Å². The minimum atomic E-state index is -3.89. The highest BCUT2D eigenvalue weighted by Gasteiger charge is 2.27. The average Bonchev–Trinajstić information content (AvgIpc) is 2.68. The summed E-state index contributed by atoms with van der Waals surface area (Å²) in [5.41, 5.74) is 0.497. The normalized spacial score (nSPS) is 12.4. The van der Waals surface area contributed by atoms with E-state index in [9.17, 15) is 13.2 Å². The van der Waals surface area contributed by atoms with Crippen LogP contribution < -0.4 is 19.5 Å². The molecular weight excluding hydrogens is 392 g/mol. The minimum absolute atomic E-state index is 0.0644. The van der Waals surface area contributed by atoms with E-state index in [2.05, 4.69) is 10.0 Å². The van der Waals surface area contributed by atoms with Crippen LogP contribution in [0.5, 0.6) is 11.5 Å². The second-order valence-corrected chi connectivity index (χ2v) is 8.61. The van der Waals surface area contributed by atoms with E-state index in [1.54, 1.807) is 36.4 Å². The van der Waals surface area contributed by atoms with Gasteiger partial charge in [-0.05, 0) is 55.7 Å². The summed E-state index contributed by atoms with van der Waals surface area (Å²) in [4.78, 5) is 13.0. The number of ether oxygens (including phenoxy) is 2. The van der Waals surface area contributed by atoms with Gasteiger partial charge in [-0.25, -0.2) is 8.42 Å². The van der Waals surface area contributed by atoms with E-state index in [4.69, 9.17) is 9.47 Å². The van der Waals surface area contributed by atoms with Crippen LogP contribution in [0.15, 0.2) is 53.4 Å². The molecule has 1 atom stereocenters. The van der Waals surface area contributed by atoms with Gasteiger partial charge < -0.3 is 14.8 Å². The second-order valence-electron chi connectivity index (χ2n) is 6.90. The largest absolute Gasteiger partial charge is 0.497 e.